The van der Waals surface area contributed by atoms with Gasteiger partial charge in [0.2, 0.25) is 0 Å². The Labute approximate surface area is 152 Å². The molecule has 0 aromatic heterocycles. The molecule has 0 heterocycles. The third-order valence-electron chi connectivity index (χ3n) is 4.66. The maximum Gasteiger partial charge on any atom is 0.129 e. The van der Waals surface area contributed by atoms with Crippen LogP contribution in [0.5, 0.6) is 0 Å². The summed E-state index contributed by atoms with van der Waals surface area (Å²) in [6.45, 7) is 6.00. The van der Waals surface area contributed by atoms with Crippen molar-refractivity contribution in [1.29, 1.82) is 0 Å². The van der Waals surface area contributed by atoms with Crippen molar-refractivity contribution in [2.75, 3.05) is 0 Å². The van der Waals surface area contributed by atoms with Crippen LogP contribution in [0.3, 0.4) is 0 Å². The van der Waals surface area contributed by atoms with Crippen LogP contribution >= 0.6 is 0 Å². The number of carbonyl (C=O) groups is 1. The number of benzene rings is 1. The first-order chi connectivity index (χ1) is 12.0. The van der Waals surface area contributed by atoms with E-state index in [9.17, 15) is 15.0 Å². The summed E-state index contributed by atoms with van der Waals surface area (Å²) in [5.41, 5.74) is 2.38. The molecule has 0 aliphatic rings. The summed E-state index contributed by atoms with van der Waals surface area (Å²) in [5, 5.41) is 20.1. The summed E-state index contributed by atoms with van der Waals surface area (Å²) in [7, 11) is 0. The van der Waals surface area contributed by atoms with E-state index < -0.39 is 12.2 Å². The molecular weight excluding hydrogens is 312 g/mol. The number of carbonyl (C=O) groups excluding carboxylic acids is 1. The molecule has 0 aliphatic carbocycles. The van der Waals surface area contributed by atoms with Crippen molar-refractivity contribution < 1.29 is 15.0 Å². The highest BCUT2D eigenvalue weighted by atomic mass is 16.3. The number of hydrogen-bond donors (Lipinski definition) is 2. The van der Waals surface area contributed by atoms with Crippen LogP contribution in [-0.2, 0) is 4.79 Å². The predicted molar refractivity (Wildman–Crippen MR) is 105 cm³/mol. The van der Waals surface area contributed by atoms with Crippen LogP contribution < -0.4 is 0 Å². The van der Waals surface area contributed by atoms with Crippen molar-refractivity contribution in [2.45, 2.75) is 83.8 Å². The van der Waals surface area contributed by atoms with Crippen LogP contribution in [0.25, 0.3) is 6.08 Å². The van der Waals surface area contributed by atoms with Crippen LogP contribution in [0.4, 0.5) is 0 Å². The molecule has 140 valence electrons. The van der Waals surface area contributed by atoms with E-state index >= 15 is 0 Å². The summed E-state index contributed by atoms with van der Waals surface area (Å²) < 4.78 is 0. The van der Waals surface area contributed by atoms with E-state index in [-0.39, 0.29) is 5.78 Å². The van der Waals surface area contributed by atoms with Gasteiger partial charge in [-0.25, -0.2) is 0 Å². The van der Waals surface area contributed by atoms with Gasteiger partial charge < -0.3 is 15.0 Å². The molecule has 1 unspecified atom stereocenters. The summed E-state index contributed by atoms with van der Waals surface area (Å²) in [4.78, 5) is 10.9. The van der Waals surface area contributed by atoms with E-state index in [1.165, 1.54) is 24.8 Å². The number of Topliss-reactive ketones (excluding diaryl/α,β-unsaturated/α-hetero) is 1. The zero-order valence-electron chi connectivity index (χ0n) is 15.9. The number of rotatable bonds is 12. The lowest BCUT2D eigenvalue weighted by Crippen LogP contribution is -2.23. The lowest BCUT2D eigenvalue weighted by Gasteiger charge is -2.16. The minimum atomic E-state index is -0.907. The van der Waals surface area contributed by atoms with Gasteiger partial charge in [-0.3, -0.25) is 0 Å². The van der Waals surface area contributed by atoms with E-state index in [1.807, 2.05) is 12.1 Å². The quantitative estimate of drug-likeness (QED) is 0.531. The van der Waals surface area contributed by atoms with Crippen LogP contribution in [0, 0.1) is 0 Å². The van der Waals surface area contributed by atoms with Crippen LogP contribution in [-0.4, -0.2) is 28.2 Å². The second-order valence-corrected chi connectivity index (χ2v) is 7.04. The Hall–Kier alpha value is -1.45. The standard InChI is InChI=1S/C22H34O3/c1-4-5-6-10-17(2)20-13-8-7-12-19(20)15-16-22(25)21(24)14-9-11-18(3)23/h7-8,12-13,15-17,21-22,24-25H,4-6,9-11,14H2,1-3H3/b16-15+/t17?,21-,22+/m0/s1. The van der Waals surface area contributed by atoms with Gasteiger partial charge in [-0.05, 0) is 43.2 Å². The third-order valence-corrected chi connectivity index (χ3v) is 4.66. The Morgan fingerprint density at radius 2 is 1.84 bits per heavy atom. The largest absolute Gasteiger partial charge is 0.390 e. The average molecular weight is 347 g/mol. The van der Waals surface area contributed by atoms with Gasteiger partial charge in [0.25, 0.3) is 0 Å². The molecule has 1 rings (SSSR count). The fourth-order valence-electron chi connectivity index (χ4n) is 3.03. The number of aliphatic hydroxyl groups excluding tert-OH is 2. The van der Waals surface area contributed by atoms with Crippen molar-refractivity contribution in [3.63, 3.8) is 0 Å². The summed E-state index contributed by atoms with van der Waals surface area (Å²) >= 11 is 0. The second kappa shape index (κ2) is 12.0. The van der Waals surface area contributed by atoms with Crippen molar-refractivity contribution in [3.05, 3.63) is 41.5 Å². The van der Waals surface area contributed by atoms with E-state index in [0.717, 1.165) is 12.0 Å². The summed E-state index contributed by atoms with van der Waals surface area (Å²) in [5.74, 6) is 0.591. The second-order valence-electron chi connectivity index (χ2n) is 7.04. The molecule has 0 fully saturated rings. The minimum absolute atomic E-state index is 0.114. The smallest absolute Gasteiger partial charge is 0.129 e. The molecule has 0 spiro atoms. The summed E-state index contributed by atoms with van der Waals surface area (Å²) in [6.07, 6.45) is 8.19. The first-order valence-corrected chi connectivity index (χ1v) is 9.58. The molecule has 3 atom stereocenters. The molecule has 3 nitrogen and oxygen atoms in total. The monoisotopic (exact) mass is 346 g/mol. The molecular formula is C22H34O3. The van der Waals surface area contributed by atoms with Crippen LogP contribution in [0.2, 0.25) is 0 Å². The third kappa shape index (κ3) is 8.46. The Morgan fingerprint density at radius 3 is 2.52 bits per heavy atom. The van der Waals surface area contributed by atoms with E-state index in [1.54, 1.807) is 13.0 Å². The summed E-state index contributed by atoms with van der Waals surface area (Å²) in [6, 6.07) is 8.25. The van der Waals surface area contributed by atoms with Gasteiger partial charge in [0.1, 0.15) is 5.78 Å². The minimum Gasteiger partial charge on any atom is -0.390 e. The number of hydrogen-bond acceptors (Lipinski definition) is 3. The van der Waals surface area contributed by atoms with Crippen molar-refractivity contribution in [3.8, 4) is 0 Å². The molecule has 1 aromatic rings. The van der Waals surface area contributed by atoms with Crippen LogP contribution in [0.1, 0.15) is 82.8 Å². The molecule has 0 aliphatic heterocycles. The Kier molecular flexibility index (Phi) is 10.4. The fraction of sp³-hybridized carbons (Fsp3) is 0.591. The molecule has 3 heteroatoms. The first-order valence-electron chi connectivity index (χ1n) is 9.58. The highest BCUT2D eigenvalue weighted by Crippen LogP contribution is 2.26. The Balaban J connectivity index is 2.65. The average Bonchev–Trinajstić information content (AvgIpc) is 2.59. The lowest BCUT2D eigenvalue weighted by molar-refractivity contribution is -0.117. The molecule has 1 aromatic carbocycles. The zero-order valence-corrected chi connectivity index (χ0v) is 15.9. The molecule has 0 saturated heterocycles. The van der Waals surface area contributed by atoms with Gasteiger partial charge >= 0.3 is 0 Å². The molecule has 0 radical (unpaired) electrons. The SMILES string of the molecule is CCCCCC(C)c1ccccc1/C=C/[C@@H](O)[C@@H](O)CCCC(C)=O. The van der Waals surface area contributed by atoms with E-state index in [0.29, 0.717) is 25.2 Å². The topological polar surface area (TPSA) is 57.5 Å². The van der Waals surface area contributed by atoms with Gasteiger partial charge in [-0.1, -0.05) is 69.5 Å². The first kappa shape index (κ1) is 21.6. The van der Waals surface area contributed by atoms with Gasteiger partial charge in [-0.2, -0.15) is 0 Å². The van der Waals surface area contributed by atoms with Gasteiger partial charge in [0, 0.05) is 6.42 Å². The van der Waals surface area contributed by atoms with Gasteiger partial charge in [0.05, 0.1) is 12.2 Å². The van der Waals surface area contributed by atoms with Crippen molar-refractivity contribution in [2.24, 2.45) is 0 Å². The highest BCUT2D eigenvalue weighted by molar-refractivity contribution is 5.75. The Bertz CT molecular complexity index is 536. The normalized spacial score (nSPS) is 15.2. The molecule has 2 N–H and O–H groups in total. The molecule has 0 bridgehead atoms. The van der Waals surface area contributed by atoms with Crippen molar-refractivity contribution >= 4 is 11.9 Å². The number of aliphatic hydroxyl groups is 2. The van der Waals surface area contributed by atoms with Gasteiger partial charge in [-0.15, -0.1) is 0 Å². The van der Waals surface area contributed by atoms with Crippen LogP contribution in [0.15, 0.2) is 30.3 Å². The zero-order chi connectivity index (χ0) is 18.7. The molecule has 0 amide bonds. The predicted octanol–water partition coefficient (Wildman–Crippen LogP) is 4.86. The van der Waals surface area contributed by atoms with Gasteiger partial charge in [0.15, 0.2) is 0 Å². The maximum atomic E-state index is 10.9. The van der Waals surface area contributed by atoms with Crippen molar-refractivity contribution in [1.82, 2.24) is 0 Å². The maximum absolute atomic E-state index is 10.9. The number of ketones is 1. The lowest BCUT2D eigenvalue weighted by atomic mass is 9.91. The molecule has 25 heavy (non-hydrogen) atoms. The number of unbranched alkanes of at least 4 members (excludes halogenated alkanes) is 2. The van der Waals surface area contributed by atoms with E-state index in [4.69, 9.17) is 0 Å². The molecule has 0 saturated carbocycles. The van der Waals surface area contributed by atoms with E-state index in [2.05, 4.69) is 32.0 Å². The Morgan fingerprint density at radius 1 is 1.12 bits per heavy atom. The highest BCUT2D eigenvalue weighted by Gasteiger charge is 2.14. The fourth-order valence-corrected chi connectivity index (χ4v) is 3.03.